The Bertz CT molecular complexity index is 2660. The number of aromatic nitrogens is 1. The zero-order valence-electron chi connectivity index (χ0n) is 40.8. The molecule has 11 N–H and O–H groups in total. The lowest BCUT2D eigenvalue weighted by Crippen LogP contribution is -2.60. The number of hydrogen-bond donors (Lipinski definition) is 10. The Morgan fingerprint density at radius 2 is 1.49 bits per heavy atom. The van der Waals surface area contributed by atoms with Gasteiger partial charge in [0.15, 0.2) is 5.96 Å². The Balaban J connectivity index is 1.19. The number of fused-ring (bicyclic) bond motifs is 2. The summed E-state index contributed by atoms with van der Waals surface area (Å²) in [6, 6.07) is 15.7. The Labute approximate surface area is 420 Å². The number of benzene rings is 3. The van der Waals surface area contributed by atoms with E-state index in [9.17, 15) is 37.2 Å². The minimum absolute atomic E-state index is 0.00626. The van der Waals surface area contributed by atoms with Gasteiger partial charge in [-0.3, -0.25) is 34.2 Å². The second-order valence-corrected chi connectivity index (χ2v) is 21.0. The molecular formula is C52H69N11O8S. The molecule has 0 bridgehead atoms. The molecule has 3 aliphatic rings. The average Bonchev–Trinajstić information content (AvgIpc) is 4.03. The number of nitrogens with zero attached hydrogens (tertiary/aromatic N) is 1. The quantitative estimate of drug-likeness (QED) is 0.0472. The Morgan fingerprint density at radius 3 is 2.24 bits per heavy atom. The van der Waals surface area contributed by atoms with Gasteiger partial charge in [-0.2, -0.15) is 4.72 Å². The minimum atomic E-state index is -4.23. The summed E-state index contributed by atoms with van der Waals surface area (Å²) in [4.78, 5) is 91.9. The molecule has 6 amide bonds. The highest BCUT2D eigenvalue weighted by molar-refractivity contribution is 7.89. The smallest absolute Gasteiger partial charge is 0.245 e. The van der Waals surface area contributed by atoms with Crippen LogP contribution in [0.1, 0.15) is 93.7 Å². The average molecular weight is 1010 g/mol. The van der Waals surface area contributed by atoms with Gasteiger partial charge < -0.3 is 47.5 Å². The lowest BCUT2D eigenvalue weighted by Gasteiger charge is -2.32. The van der Waals surface area contributed by atoms with Gasteiger partial charge >= 0.3 is 0 Å². The molecule has 20 heteroatoms. The van der Waals surface area contributed by atoms with Crippen LogP contribution in [0.3, 0.4) is 0 Å². The molecule has 7 rings (SSSR count). The van der Waals surface area contributed by atoms with Crippen molar-refractivity contribution >= 4 is 62.3 Å². The van der Waals surface area contributed by atoms with E-state index < -0.39 is 81.7 Å². The SMILES string of the molecule is Cc1ccc(S(=O)(=O)N[C@@H](Cc2ccccc2)C(=O)N[C@H]2CCCNC(=O)[C@H](CCCNC(=N)N)NC(=O)[C@H](Cc3c[nH]c4ccccc34)NC(=O)[C@@H](CC3CCCCC3)NC(=O)[C@@H]3CCCN3C2=O)cc1. The molecule has 386 valence electrons. The van der Waals surface area contributed by atoms with Crippen molar-refractivity contribution in [3.05, 3.63) is 102 Å². The normalized spacial score (nSPS) is 22.6. The number of carbonyl (C=O) groups excluding carboxylic acids is 6. The summed E-state index contributed by atoms with van der Waals surface area (Å²) in [6.45, 7) is 2.25. The summed E-state index contributed by atoms with van der Waals surface area (Å²) in [5, 5.41) is 25.7. The van der Waals surface area contributed by atoms with Crippen molar-refractivity contribution in [2.45, 2.75) is 138 Å². The van der Waals surface area contributed by atoms with E-state index in [-0.39, 0.29) is 74.9 Å². The van der Waals surface area contributed by atoms with Crippen LogP contribution in [-0.2, 0) is 51.6 Å². The van der Waals surface area contributed by atoms with Crippen LogP contribution in [0.4, 0.5) is 0 Å². The van der Waals surface area contributed by atoms with Gasteiger partial charge in [0.2, 0.25) is 45.5 Å². The van der Waals surface area contributed by atoms with E-state index in [4.69, 9.17) is 11.1 Å². The van der Waals surface area contributed by atoms with Gasteiger partial charge in [-0.25, -0.2) is 8.42 Å². The van der Waals surface area contributed by atoms with Gasteiger partial charge in [0, 0.05) is 43.2 Å². The van der Waals surface area contributed by atoms with Crippen molar-refractivity contribution in [1.82, 2.24) is 46.5 Å². The number of nitrogens with one attached hydrogen (secondary N) is 9. The number of amides is 6. The maximum Gasteiger partial charge on any atom is 0.245 e. The fourth-order valence-corrected chi connectivity index (χ4v) is 11.2. The number of hydrogen-bond acceptors (Lipinski definition) is 9. The number of carbonyl (C=O) groups is 6. The maximum absolute atomic E-state index is 14.9. The molecule has 1 saturated carbocycles. The highest BCUT2D eigenvalue weighted by Gasteiger charge is 2.41. The second-order valence-electron chi connectivity index (χ2n) is 19.3. The zero-order chi connectivity index (χ0) is 51.2. The molecule has 0 unspecified atom stereocenters. The molecule has 72 heavy (non-hydrogen) atoms. The Hall–Kier alpha value is -6.80. The summed E-state index contributed by atoms with van der Waals surface area (Å²) in [5.41, 5.74) is 8.62. The monoisotopic (exact) mass is 1010 g/mol. The zero-order valence-corrected chi connectivity index (χ0v) is 41.7. The number of nitrogens with two attached hydrogens (primary N) is 1. The fraction of sp³-hybridized carbons (Fsp3) is 0.481. The van der Waals surface area contributed by atoms with Gasteiger partial charge in [0.05, 0.1) is 4.90 Å². The first-order chi connectivity index (χ1) is 34.6. The third-order valence-electron chi connectivity index (χ3n) is 13.9. The van der Waals surface area contributed by atoms with E-state index in [1.165, 1.54) is 17.0 Å². The van der Waals surface area contributed by atoms with E-state index in [0.29, 0.717) is 24.8 Å². The number of sulfonamides is 1. The van der Waals surface area contributed by atoms with E-state index in [1.807, 2.05) is 31.2 Å². The van der Waals surface area contributed by atoms with Gasteiger partial charge in [-0.05, 0) is 93.5 Å². The summed E-state index contributed by atoms with van der Waals surface area (Å²) in [5.74, 6) is -3.76. The lowest BCUT2D eigenvalue weighted by molar-refractivity contribution is -0.142. The topological polar surface area (TPSA) is 290 Å². The highest BCUT2D eigenvalue weighted by atomic mass is 32.2. The van der Waals surface area contributed by atoms with Crippen LogP contribution in [0, 0.1) is 18.3 Å². The molecule has 1 aromatic heterocycles. The number of para-hydroxylation sites is 1. The van der Waals surface area contributed by atoms with Crippen molar-refractivity contribution in [2.24, 2.45) is 11.7 Å². The molecule has 2 aliphatic heterocycles. The lowest BCUT2D eigenvalue weighted by atomic mass is 9.84. The highest BCUT2D eigenvalue weighted by Crippen LogP contribution is 2.29. The van der Waals surface area contributed by atoms with Crippen LogP contribution in [0.2, 0.25) is 0 Å². The van der Waals surface area contributed by atoms with Crippen molar-refractivity contribution in [3.8, 4) is 0 Å². The Morgan fingerprint density at radius 1 is 0.792 bits per heavy atom. The van der Waals surface area contributed by atoms with Gasteiger partial charge in [-0.15, -0.1) is 0 Å². The first-order valence-electron chi connectivity index (χ1n) is 25.2. The van der Waals surface area contributed by atoms with E-state index in [2.05, 4.69) is 41.6 Å². The minimum Gasteiger partial charge on any atom is -0.370 e. The van der Waals surface area contributed by atoms with Crippen LogP contribution in [-0.4, -0.2) is 116 Å². The predicted molar refractivity (Wildman–Crippen MR) is 272 cm³/mol. The summed E-state index contributed by atoms with van der Waals surface area (Å²) in [6.07, 6.45) is 8.15. The van der Waals surface area contributed by atoms with E-state index in [1.54, 1.807) is 48.7 Å². The number of H-pyrrole nitrogens is 1. The molecule has 19 nitrogen and oxygen atoms in total. The maximum atomic E-state index is 14.9. The third-order valence-corrected chi connectivity index (χ3v) is 15.4. The molecule has 2 saturated heterocycles. The number of aromatic amines is 1. The largest absolute Gasteiger partial charge is 0.370 e. The second kappa shape index (κ2) is 25.0. The molecule has 3 heterocycles. The van der Waals surface area contributed by atoms with E-state index >= 15 is 0 Å². The van der Waals surface area contributed by atoms with Crippen molar-refractivity contribution in [1.29, 1.82) is 5.41 Å². The molecule has 1 aliphatic carbocycles. The fourth-order valence-electron chi connectivity index (χ4n) is 10.0. The van der Waals surface area contributed by atoms with Crippen molar-refractivity contribution in [3.63, 3.8) is 0 Å². The van der Waals surface area contributed by atoms with Crippen LogP contribution >= 0.6 is 0 Å². The molecule has 4 aromatic rings. The third kappa shape index (κ3) is 14.4. The van der Waals surface area contributed by atoms with Crippen LogP contribution in [0.15, 0.2) is 90.0 Å². The first kappa shape index (κ1) is 53.0. The number of guanidine groups is 1. The molecule has 3 fully saturated rings. The summed E-state index contributed by atoms with van der Waals surface area (Å²) < 4.78 is 30.1. The van der Waals surface area contributed by atoms with Crippen molar-refractivity contribution < 1.29 is 37.2 Å². The molecule has 0 radical (unpaired) electrons. The standard InChI is InChI=1S/C52H69N11O8S/c1-33-22-24-37(25-23-33)72(70,71)62-44(30-35-15-6-3-7-16-35)49(67)59-41-20-11-26-55-46(64)40(19-10-27-56-52(53)54)58-48(66)43(31-36-32-57-39-18-9-8-17-38(36)39)60-47(65)42(29-34-13-4-2-5-14-34)61-50(68)45-21-12-28-63(45)51(41)69/h3,6-9,15-18,22-25,32,34,40-45,57,62H,2,4-5,10-14,19-21,26-31H2,1H3,(H,55,64)(H,58,66)(H,59,67)(H,60,65)(H,61,68)(H4,53,54,56)/t40-,41-,42+,43-,44-,45-/m0/s1. The molecule has 0 spiro atoms. The first-order valence-corrected chi connectivity index (χ1v) is 26.7. The summed E-state index contributed by atoms with van der Waals surface area (Å²) in [7, 11) is -4.23. The molecule has 6 atom stereocenters. The van der Waals surface area contributed by atoms with Crippen LogP contribution in [0.5, 0.6) is 0 Å². The number of aryl methyl sites for hydroxylation is 1. The predicted octanol–water partition coefficient (Wildman–Crippen LogP) is 2.68. The summed E-state index contributed by atoms with van der Waals surface area (Å²) >= 11 is 0. The van der Waals surface area contributed by atoms with Gasteiger partial charge in [0.25, 0.3) is 0 Å². The van der Waals surface area contributed by atoms with Crippen molar-refractivity contribution in [2.75, 3.05) is 19.6 Å². The number of rotatable bonds is 15. The van der Waals surface area contributed by atoms with Gasteiger partial charge in [-0.1, -0.05) is 98.3 Å². The van der Waals surface area contributed by atoms with Crippen LogP contribution in [0.25, 0.3) is 10.9 Å². The van der Waals surface area contributed by atoms with Gasteiger partial charge in [0.1, 0.15) is 36.3 Å². The molecule has 3 aromatic carbocycles. The molecular weight excluding hydrogens is 939 g/mol. The van der Waals surface area contributed by atoms with Crippen LogP contribution < -0.4 is 42.4 Å². The Kier molecular flexibility index (Phi) is 18.4. The van der Waals surface area contributed by atoms with E-state index in [0.717, 1.165) is 54.1 Å².